The quantitative estimate of drug-likeness (QED) is 0.544. The first-order valence-corrected chi connectivity index (χ1v) is 3.28. The van der Waals surface area contributed by atoms with E-state index >= 15 is 0 Å². The van der Waals surface area contributed by atoms with Crippen molar-refractivity contribution in [1.82, 2.24) is 10.3 Å². The third kappa shape index (κ3) is 0.756. The van der Waals surface area contributed by atoms with Crippen LogP contribution in [0.25, 0.3) is 0 Å². The molecular weight excluding hydrogens is 144 g/mol. The number of nitrogens with one attached hydrogen (secondary N) is 2. The molecule has 1 aromatic heterocycles. The SMILES string of the molecule is O=C1CNC(=O)c2[nH]ccc21. The Morgan fingerprint density at radius 1 is 1.36 bits per heavy atom. The summed E-state index contributed by atoms with van der Waals surface area (Å²) in [7, 11) is 0. The lowest BCUT2D eigenvalue weighted by atomic mass is 10.1. The second-order valence-electron chi connectivity index (χ2n) is 2.37. The van der Waals surface area contributed by atoms with Crippen molar-refractivity contribution in [1.29, 1.82) is 0 Å². The average Bonchev–Trinajstić information content (AvgIpc) is 2.45. The van der Waals surface area contributed by atoms with E-state index < -0.39 is 0 Å². The zero-order valence-electron chi connectivity index (χ0n) is 5.68. The molecule has 0 fully saturated rings. The predicted molar refractivity (Wildman–Crippen MR) is 37.5 cm³/mol. The van der Waals surface area contributed by atoms with Crippen molar-refractivity contribution < 1.29 is 9.59 Å². The topological polar surface area (TPSA) is 62.0 Å². The Kier molecular flexibility index (Phi) is 1.09. The minimum Gasteiger partial charge on any atom is -0.357 e. The maximum absolute atomic E-state index is 11.1. The molecule has 0 atom stereocenters. The van der Waals surface area contributed by atoms with E-state index in [2.05, 4.69) is 10.3 Å². The summed E-state index contributed by atoms with van der Waals surface area (Å²) in [5, 5.41) is 2.45. The summed E-state index contributed by atoms with van der Waals surface area (Å²) < 4.78 is 0. The number of fused-ring (bicyclic) bond motifs is 1. The first kappa shape index (κ1) is 6.15. The van der Waals surface area contributed by atoms with Gasteiger partial charge in [-0.05, 0) is 6.07 Å². The zero-order chi connectivity index (χ0) is 7.84. The Hall–Kier alpha value is -1.58. The molecule has 0 aromatic carbocycles. The van der Waals surface area contributed by atoms with Crippen LogP contribution >= 0.6 is 0 Å². The van der Waals surface area contributed by atoms with E-state index in [1.165, 1.54) is 0 Å². The van der Waals surface area contributed by atoms with Crippen molar-refractivity contribution in [2.24, 2.45) is 0 Å². The molecule has 1 aromatic rings. The van der Waals surface area contributed by atoms with Crippen LogP contribution < -0.4 is 5.32 Å². The van der Waals surface area contributed by atoms with Crippen molar-refractivity contribution in [3.63, 3.8) is 0 Å². The number of aromatic nitrogens is 1. The second-order valence-corrected chi connectivity index (χ2v) is 2.37. The van der Waals surface area contributed by atoms with Crippen LogP contribution in [0.15, 0.2) is 12.3 Å². The summed E-state index contributed by atoms with van der Waals surface area (Å²) in [5.41, 5.74) is 0.870. The number of amides is 1. The molecule has 11 heavy (non-hydrogen) atoms. The highest BCUT2D eigenvalue weighted by Crippen LogP contribution is 2.10. The van der Waals surface area contributed by atoms with Crippen LogP contribution in [0.5, 0.6) is 0 Å². The van der Waals surface area contributed by atoms with E-state index in [1.54, 1.807) is 12.3 Å². The molecule has 2 N–H and O–H groups in total. The highest BCUT2D eigenvalue weighted by atomic mass is 16.2. The lowest BCUT2D eigenvalue weighted by Crippen LogP contribution is -2.36. The molecule has 0 spiro atoms. The number of carbonyl (C=O) groups is 2. The molecule has 0 saturated heterocycles. The van der Waals surface area contributed by atoms with Gasteiger partial charge in [0.25, 0.3) is 5.91 Å². The molecule has 2 rings (SSSR count). The highest BCUT2D eigenvalue weighted by Gasteiger charge is 2.23. The van der Waals surface area contributed by atoms with E-state index in [0.29, 0.717) is 11.3 Å². The standard InChI is InChI=1S/C7H6N2O2/c10-5-3-9-7(11)6-4(5)1-2-8-6/h1-2,8H,3H2,(H,9,11). The van der Waals surface area contributed by atoms with Gasteiger partial charge in [-0.15, -0.1) is 0 Å². The maximum Gasteiger partial charge on any atom is 0.268 e. The predicted octanol–water partition coefficient (Wildman–Crippen LogP) is -0.0592. The van der Waals surface area contributed by atoms with Gasteiger partial charge in [0.1, 0.15) is 5.69 Å². The molecule has 4 heteroatoms. The number of carbonyl (C=O) groups excluding carboxylic acids is 2. The summed E-state index contributed by atoms with van der Waals surface area (Å²) >= 11 is 0. The van der Waals surface area contributed by atoms with Crippen LogP contribution in [-0.4, -0.2) is 23.2 Å². The van der Waals surface area contributed by atoms with Crippen molar-refractivity contribution in [3.05, 3.63) is 23.5 Å². The van der Waals surface area contributed by atoms with Gasteiger partial charge in [0.2, 0.25) is 0 Å². The minimum atomic E-state index is -0.204. The molecule has 0 saturated carbocycles. The van der Waals surface area contributed by atoms with Gasteiger partial charge in [0.05, 0.1) is 12.1 Å². The Bertz CT molecular complexity index is 296. The number of rotatable bonds is 0. The first-order valence-electron chi connectivity index (χ1n) is 3.28. The molecule has 0 aliphatic carbocycles. The number of H-pyrrole nitrogens is 1. The molecule has 56 valence electrons. The van der Waals surface area contributed by atoms with Crippen molar-refractivity contribution in [2.45, 2.75) is 0 Å². The van der Waals surface area contributed by atoms with Crippen molar-refractivity contribution in [3.8, 4) is 0 Å². The summed E-state index contributed by atoms with van der Waals surface area (Å²) in [6, 6.07) is 1.62. The van der Waals surface area contributed by atoms with E-state index in [4.69, 9.17) is 0 Å². The number of ketones is 1. The fourth-order valence-electron chi connectivity index (χ4n) is 1.13. The number of Topliss-reactive ketones (excluding diaryl/α,β-unsaturated/α-hetero) is 1. The van der Waals surface area contributed by atoms with Gasteiger partial charge in [-0.25, -0.2) is 0 Å². The molecule has 1 aliphatic heterocycles. The van der Waals surface area contributed by atoms with Crippen LogP contribution in [-0.2, 0) is 0 Å². The largest absolute Gasteiger partial charge is 0.357 e. The van der Waals surface area contributed by atoms with Gasteiger partial charge in [-0.2, -0.15) is 0 Å². The Balaban J connectivity index is 2.59. The van der Waals surface area contributed by atoms with E-state index in [9.17, 15) is 9.59 Å². The summed E-state index contributed by atoms with van der Waals surface area (Å²) in [6.45, 7) is 0.115. The van der Waals surface area contributed by atoms with Crippen LogP contribution in [0.2, 0.25) is 0 Å². The van der Waals surface area contributed by atoms with Crippen LogP contribution in [0.3, 0.4) is 0 Å². The summed E-state index contributed by atoms with van der Waals surface area (Å²) in [4.78, 5) is 24.8. The summed E-state index contributed by atoms with van der Waals surface area (Å²) in [6.07, 6.45) is 1.59. The highest BCUT2D eigenvalue weighted by molar-refractivity contribution is 6.12. The fraction of sp³-hybridized carbons (Fsp3) is 0.143. The van der Waals surface area contributed by atoms with Gasteiger partial charge < -0.3 is 10.3 Å². The lowest BCUT2D eigenvalue weighted by Gasteiger charge is -2.09. The van der Waals surface area contributed by atoms with E-state index in [0.717, 1.165) is 0 Å². The molecule has 1 amide bonds. The molecule has 1 aliphatic rings. The maximum atomic E-state index is 11.1. The molecule has 4 nitrogen and oxygen atoms in total. The van der Waals surface area contributed by atoms with Gasteiger partial charge in [0, 0.05) is 6.20 Å². The van der Waals surface area contributed by atoms with Crippen molar-refractivity contribution in [2.75, 3.05) is 6.54 Å². The molecule has 0 unspecified atom stereocenters. The third-order valence-corrected chi connectivity index (χ3v) is 1.68. The first-order chi connectivity index (χ1) is 5.29. The molecule has 2 heterocycles. The second kappa shape index (κ2) is 1.95. The lowest BCUT2D eigenvalue weighted by molar-refractivity contribution is 0.0874. The number of hydrogen-bond donors (Lipinski definition) is 2. The smallest absolute Gasteiger partial charge is 0.268 e. The van der Waals surface area contributed by atoms with Crippen molar-refractivity contribution >= 4 is 11.7 Å². The Labute approximate surface area is 62.6 Å². The number of hydrogen-bond acceptors (Lipinski definition) is 2. The van der Waals surface area contributed by atoms with Crippen LogP contribution in [0, 0.1) is 0 Å². The average molecular weight is 150 g/mol. The zero-order valence-corrected chi connectivity index (χ0v) is 5.68. The number of aromatic amines is 1. The van der Waals surface area contributed by atoms with Gasteiger partial charge in [0.15, 0.2) is 5.78 Å². The third-order valence-electron chi connectivity index (χ3n) is 1.68. The van der Waals surface area contributed by atoms with E-state index in [-0.39, 0.29) is 18.2 Å². The molecule has 0 radical (unpaired) electrons. The minimum absolute atomic E-state index is 0.0409. The normalized spacial score (nSPS) is 16.0. The fourth-order valence-corrected chi connectivity index (χ4v) is 1.13. The monoisotopic (exact) mass is 150 g/mol. The van der Waals surface area contributed by atoms with Gasteiger partial charge in [-0.1, -0.05) is 0 Å². The summed E-state index contributed by atoms with van der Waals surface area (Å²) in [5.74, 6) is -0.245. The Morgan fingerprint density at radius 3 is 2.91 bits per heavy atom. The molecule has 0 bridgehead atoms. The van der Waals surface area contributed by atoms with Crippen LogP contribution in [0.1, 0.15) is 20.8 Å². The van der Waals surface area contributed by atoms with E-state index in [1.807, 2.05) is 0 Å². The van der Waals surface area contributed by atoms with Crippen LogP contribution in [0.4, 0.5) is 0 Å². The van der Waals surface area contributed by atoms with Gasteiger partial charge in [-0.3, -0.25) is 9.59 Å². The molecular formula is C7H6N2O2. The Morgan fingerprint density at radius 2 is 2.18 bits per heavy atom. The van der Waals surface area contributed by atoms with Gasteiger partial charge >= 0.3 is 0 Å².